The number of fused-ring (bicyclic) bond motifs is 1. The van der Waals surface area contributed by atoms with Crippen molar-refractivity contribution < 1.29 is 0 Å². The minimum Gasteiger partial charge on any atom is -0.309 e. The Morgan fingerprint density at radius 3 is 3.22 bits per heavy atom. The Kier molecular flexibility index (Phi) is 3.61. The van der Waals surface area contributed by atoms with Crippen molar-refractivity contribution in [2.24, 2.45) is 0 Å². The van der Waals surface area contributed by atoms with Gasteiger partial charge in [-0.2, -0.15) is 5.10 Å². The lowest BCUT2D eigenvalue weighted by atomic mass is 10.0. The number of rotatable bonds is 4. The van der Waals surface area contributed by atoms with Gasteiger partial charge in [0, 0.05) is 23.9 Å². The zero-order valence-corrected chi connectivity index (χ0v) is 10.9. The first-order chi connectivity index (χ1) is 8.93. The quantitative estimate of drug-likeness (QED) is 0.884. The number of hydrogen-bond acceptors (Lipinski definition) is 4. The summed E-state index contributed by atoms with van der Waals surface area (Å²) in [5, 5.41) is 10.4. The molecule has 1 aromatic carbocycles. The van der Waals surface area contributed by atoms with Crippen LogP contribution < -0.4 is 5.32 Å². The molecule has 3 rings (SSSR count). The number of nitrogens with zero attached hydrogens (tertiary/aromatic N) is 2. The van der Waals surface area contributed by atoms with Crippen molar-refractivity contribution in [1.82, 2.24) is 20.5 Å². The fourth-order valence-corrected chi connectivity index (χ4v) is 3.40. The Morgan fingerprint density at radius 2 is 2.33 bits per heavy atom. The van der Waals surface area contributed by atoms with Crippen LogP contribution in [0.2, 0.25) is 0 Å². The molecule has 5 heteroatoms. The second-order valence-electron chi connectivity index (χ2n) is 4.36. The highest BCUT2D eigenvalue weighted by Gasteiger charge is 2.19. The van der Waals surface area contributed by atoms with Gasteiger partial charge >= 0.3 is 0 Å². The Bertz CT molecular complexity index is 497. The summed E-state index contributed by atoms with van der Waals surface area (Å²) in [6, 6.07) is 9.15. The third kappa shape index (κ3) is 2.57. The van der Waals surface area contributed by atoms with Crippen molar-refractivity contribution in [1.29, 1.82) is 0 Å². The summed E-state index contributed by atoms with van der Waals surface area (Å²) in [6.07, 6.45) is 3.64. The third-order valence-corrected chi connectivity index (χ3v) is 4.30. The summed E-state index contributed by atoms with van der Waals surface area (Å²) in [5.74, 6) is 2.14. The van der Waals surface area contributed by atoms with E-state index in [1.54, 1.807) is 6.33 Å². The summed E-state index contributed by atoms with van der Waals surface area (Å²) in [7, 11) is 0. The topological polar surface area (TPSA) is 53.6 Å². The van der Waals surface area contributed by atoms with Crippen molar-refractivity contribution in [2.45, 2.75) is 23.8 Å². The molecule has 2 N–H and O–H groups in total. The van der Waals surface area contributed by atoms with Crippen molar-refractivity contribution in [2.75, 3.05) is 12.3 Å². The average Bonchev–Trinajstić information content (AvgIpc) is 2.92. The van der Waals surface area contributed by atoms with Gasteiger partial charge in [0.15, 0.2) is 0 Å². The van der Waals surface area contributed by atoms with Crippen molar-refractivity contribution in [3.63, 3.8) is 0 Å². The minimum absolute atomic E-state index is 0.477. The summed E-state index contributed by atoms with van der Waals surface area (Å²) < 4.78 is 0. The Labute approximate surface area is 111 Å². The third-order valence-electron chi connectivity index (χ3n) is 3.18. The highest BCUT2D eigenvalue weighted by Crippen LogP contribution is 2.35. The molecule has 1 aliphatic heterocycles. The molecule has 94 valence electrons. The summed E-state index contributed by atoms with van der Waals surface area (Å²) in [5.41, 5.74) is 1.44. The van der Waals surface area contributed by atoms with Gasteiger partial charge in [0.05, 0.1) is 0 Å². The highest BCUT2D eigenvalue weighted by atomic mass is 32.2. The zero-order valence-electron chi connectivity index (χ0n) is 10.1. The second kappa shape index (κ2) is 5.54. The number of thioether (sulfide) groups is 1. The first-order valence-corrected chi connectivity index (χ1v) is 7.21. The van der Waals surface area contributed by atoms with Gasteiger partial charge in [-0.1, -0.05) is 18.2 Å². The number of H-pyrrole nitrogens is 1. The zero-order chi connectivity index (χ0) is 12.2. The molecule has 0 spiro atoms. The Hall–Kier alpha value is -1.33. The maximum Gasteiger partial charge on any atom is 0.137 e. The SMILES string of the molecule is c1ccc2c(c1)SCCC2NCCc1ncn[nH]1. The first kappa shape index (κ1) is 11.7. The molecule has 18 heavy (non-hydrogen) atoms. The van der Waals surface area contributed by atoms with Gasteiger partial charge in [-0.25, -0.2) is 4.98 Å². The van der Waals surface area contributed by atoms with Crippen molar-refractivity contribution >= 4 is 11.8 Å². The van der Waals surface area contributed by atoms with Gasteiger partial charge in [0.25, 0.3) is 0 Å². The molecule has 0 amide bonds. The molecule has 0 saturated heterocycles. The normalized spacial score (nSPS) is 18.6. The molecule has 4 nitrogen and oxygen atoms in total. The standard InChI is InChI=1S/C13H16N4S/c1-2-4-12-10(3-1)11(6-8-18-12)14-7-5-13-15-9-16-17-13/h1-4,9,11,14H,5-8H2,(H,15,16,17). The maximum absolute atomic E-state index is 4.13. The van der Waals surface area contributed by atoms with E-state index in [4.69, 9.17) is 0 Å². The van der Waals surface area contributed by atoms with Gasteiger partial charge in [-0.3, -0.25) is 5.10 Å². The molecular weight excluding hydrogens is 244 g/mol. The molecule has 0 aliphatic carbocycles. The fourth-order valence-electron chi connectivity index (χ4n) is 2.27. The molecule has 0 fully saturated rings. The summed E-state index contributed by atoms with van der Waals surface area (Å²) in [4.78, 5) is 5.55. The largest absolute Gasteiger partial charge is 0.309 e. The molecule has 1 aliphatic rings. The molecule has 2 aromatic rings. The van der Waals surface area contributed by atoms with Gasteiger partial charge in [0.1, 0.15) is 12.2 Å². The predicted molar refractivity (Wildman–Crippen MR) is 72.6 cm³/mol. The van der Waals surface area contributed by atoms with Gasteiger partial charge in [-0.15, -0.1) is 11.8 Å². The van der Waals surface area contributed by atoms with Crippen LogP contribution in [0.3, 0.4) is 0 Å². The monoisotopic (exact) mass is 260 g/mol. The van der Waals surface area contributed by atoms with Crippen LogP contribution in [0.4, 0.5) is 0 Å². The number of benzene rings is 1. The maximum atomic E-state index is 4.13. The fraction of sp³-hybridized carbons (Fsp3) is 0.385. The van der Waals surface area contributed by atoms with Crippen LogP contribution in [0.25, 0.3) is 0 Å². The van der Waals surface area contributed by atoms with E-state index in [9.17, 15) is 0 Å². The van der Waals surface area contributed by atoms with Crippen LogP contribution in [-0.4, -0.2) is 27.5 Å². The molecule has 0 saturated carbocycles. The van der Waals surface area contributed by atoms with Crippen LogP contribution >= 0.6 is 11.8 Å². The Balaban J connectivity index is 1.60. The lowest BCUT2D eigenvalue weighted by molar-refractivity contribution is 0.510. The van der Waals surface area contributed by atoms with Crippen molar-refractivity contribution in [3.05, 3.63) is 42.0 Å². The number of hydrogen-bond donors (Lipinski definition) is 2. The van der Waals surface area contributed by atoms with Crippen LogP contribution in [0.15, 0.2) is 35.5 Å². The van der Waals surface area contributed by atoms with E-state index in [2.05, 4.69) is 44.8 Å². The molecule has 0 bridgehead atoms. The number of aromatic nitrogens is 3. The van der Waals surface area contributed by atoms with E-state index >= 15 is 0 Å². The van der Waals surface area contributed by atoms with E-state index in [0.29, 0.717) is 6.04 Å². The van der Waals surface area contributed by atoms with Crippen LogP contribution in [0.1, 0.15) is 23.9 Å². The van der Waals surface area contributed by atoms with E-state index in [-0.39, 0.29) is 0 Å². The molecular formula is C13H16N4S. The predicted octanol–water partition coefficient (Wildman–Crippen LogP) is 2.17. The van der Waals surface area contributed by atoms with E-state index in [1.807, 2.05) is 11.8 Å². The summed E-state index contributed by atoms with van der Waals surface area (Å²) >= 11 is 1.96. The molecule has 1 unspecified atom stereocenters. The van der Waals surface area contributed by atoms with E-state index in [0.717, 1.165) is 18.8 Å². The second-order valence-corrected chi connectivity index (χ2v) is 5.50. The highest BCUT2D eigenvalue weighted by molar-refractivity contribution is 7.99. The van der Waals surface area contributed by atoms with Crippen LogP contribution in [-0.2, 0) is 6.42 Å². The van der Waals surface area contributed by atoms with E-state index < -0.39 is 0 Å². The van der Waals surface area contributed by atoms with E-state index in [1.165, 1.54) is 22.6 Å². The first-order valence-electron chi connectivity index (χ1n) is 6.23. The average molecular weight is 260 g/mol. The molecule has 0 radical (unpaired) electrons. The lowest BCUT2D eigenvalue weighted by Gasteiger charge is -2.25. The lowest BCUT2D eigenvalue weighted by Crippen LogP contribution is -2.26. The minimum atomic E-state index is 0.477. The Morgan fingerprint density at radius 1 is 1.39 bits per heavy atom. The van der Waals surface area contributed by atoms with Crippen molar-refractivity contribution in [3.8, 4) is 0 Å². The van der Waals surface area contributed by atoms with Gasteiger partial charge in [0.2, 0.25) is 0 Å². The number of nitrogens with one attached hydrogen (secondary N) is 2. The number of aromatic amines is 1. The van der Waals surface area contributed by atoms with Crippen LogP contribution in [0.5, 0.6) is 0 Å². The van der Waals surface area contributed by atoms with Gasteiger partial charge < -0.3 is 5.32 Å². The van der Waals surface area contributed by atoms with Crippen LogP contribution in [0, 0.1) is 0 Å². The molecule has 2 heterocycles. The summed E-state index contributed by atoms with van der Waals surface area (Å²) in [6.45, 7) is 0.929. The smallest absolute Gasteiger partial charge is 0.137 e. The molecule has 1 aromatic heterocycles. The molecule has 1 atom stereocenters. The van der Waals surface area contributed by atoms with Gasteiger partial charge in [-0.05, 0) is 23.8 Å².